The van der Waals surface area contributed by atoms with Gasteiger partial charge in [0.15, 0.2) is 0 Å². The molecule has 0 aromatic carbocycles. The molecule has 8 nitrogen and oxygen atoms in total. The van der Waals surface area contributed by atoms with Gasteiger partial charge >= 0.3 is 5.69 Å². The Morgan fingerprint density at radius 1 is 1.33 bits per heavy atom. The third-order valence-corrected chi connectivity index (χ3v) is 3.41. The van der Waals surface area contributed by atoms with Crippen molar-refractivity contribution in [2.24, 2.45) is 0 Å². The summed E-state index contributed by atoms with van der Waals surface area (Å²) in [5.41, 5.74) is 0.0895. The molecule has 0 unspecified atom stereocenters. The minimum atomic E-state index is -0.393. The number of H-pyrrole nitrogens is 2. The number of amides is 1. The summed E-state index contributed by atoms with van der Waals surface area (Å²) in [4.78, 5) is 31.8. The Balaban J connectivity index is 1.60. The van der Waals surface area contributed by atoms with Gasteiger partial charge in [-0.25, -0.2) is 14.9 Å². The molecule has 1 aliphatic heterocycles. The number of anilines is 1. The maximum atomic E-state index is 12.0. The van der Waals surface area contributed by atoms with Crippen molar-refractivity contribution in [2.45, 2.75) is 19.4 Å². The topological polar surface area (TPSA) is 107 Å². The van der Waals surface area contributed by atoms with Crippen molar-refractivity contribution in [1.82, 2.24) is 25.5 Å². The number of pyridine rings is 1. The van der Waals surface area contributed by atoms with Crippen LogP contribution < -0.4 is 15.9 Å². The van der Waals surface area contributed by atoms with Gasteiger partial charge in [-0.05, 0) is 25.0 Å². The number of carbonyl (C=O) groups is 1. The van der Waals surface area contributed by atoms with E-state index in [1.54, 1.807) is 12.3 Å². The van der Waals surface area contributed by atoms with Crippen LogP contribution in [0.15, 0.2) is 23.1 Å². The van der Waals surface area contributed by atoms with Crippen molar-refractivity contribution in [3.8, 4) is 0 Å². The Hall–Kier alpha value is -2.64. The molecule has 21 heavy (non-hydrogen) atoms. The number of carbonyl (C=O) groups excluding carboxylic acids is 1. The van der Waals surface area contributed by atoms with Crippen LogP contribution >= 0.6 is 0 Å². The van der Waals surface area contributed by atoms with E-state index in [0.717, 1.165) is 18.9 Å². The first-order valence-electron chi connectivity index (χ1n) is 6.85. The fourth-order valence-corrected chi connectivity index (χ4v) is 2.31. The molecule has 1 saturated heterocycles. The van der Waals surface area contributed by atoms with Gasteiger partial charge in [-0.2, -0.15) is 5.10 Å². The lowest BCUT2D eigenvalue weighted by Crippen LogP contribution is -2.24. The second kappa shape index (κ2) is 5.78. The number of nitrogens with one attached hydrogen (secondary N) is 3. The maximum absolute atomic E-state index is 12.0. The highest BCUT2D eigenvalue weighted by molar-refractivity contribution is 5.93. The van der Waals surface area contributed by atoms with Crippen LogP contribution in [-0.4, -0.2) is 39.2 Å². The molecule has 0 spiro atoms. The van der Waals surface area contributed by atoms with Crippen LogP contribution in [0.5, 0.6) is 0 Å². The molecular formula is C13H16N6O2. The summed E-state index contributed by atoms with van der Waals surface area (Å²) in [5, 5.41) is 8.63. The molecule has 110 valence electrons. The van der Waals surface area contributed by atoms with Crippen LogP contribution in [0.1, 0.15) is 29.0 Å². The van der Waals surface area contributed by atoms with E-state index in [2.05, 4.69) is 30.4 Å². The molecule has 1 fully saturated rings. The molecule has 0 atom stereocenters. The van der Waals surface area contributed by atoms with Crippen molar-refractivity contribution >= 4 is 11.7 Å². The predicted molar refractivity (Wildman–Crippen MR) is 76.1 cm³/mol. The second-order valence-corrected chi connectivity index (χ2v) is 4.91. The van der Waals surface area contributed by atoms with Crippen LogP contribution in [0.3, 0.4) is 0 Å². The maximum Gasteiger partial charge on any atom is 0.340 e. The predicted octanol–water partition coefficient (Wildman–Crippen LogP) is 0.0232. The zero-order valence-corrected chi connectivity index (χ0v) is 11.4. The third kappa shape index (κ3) is 3.10. The summed E-state index contributed by atoms with van der Waals surface area (Å²) in [6.45, 7) is 2.20. The molecule has 0 aliphatic carbocycles. The smallest absolute Gasteiger partial charge is 0.340 e. The Bertz CT molecular complexity index is 668. The monoisotopic (exact) mass is 288 g/mol. The average molecular weight is 288 g/mol. The van der Waals surface area contributed by atoms with E-state index < -0.39 is 5.69 Å². The molecule has 8 heteroatoms. The summed E-state index contributed by atoms with van der Waals surface area (Å²) in [6, 6.07) is 3.61. The highest BCUT2D eigenvalue weighted by Gasteiger charge is 2.14. The van der Waals surface area contributed by atoms with E-state index in [4.69, 9.17) is 0 Å². The zero-order valence-electron chi connectivity index (χ0n) is 11.4. The van der Waals surface area contributed by atoms with Crippen molar-refractivity contribution in [2.75, 3.05) is 18.0 Å². The van der Waals surface area contributed by atoms with Gasteiger partial charge < -0.3 is 10.2 Å². The van der Waals surface area contributed by atoms with Crippen molar-refractivity contribution < 1.29 is 4.79 Å². The Morgan fingerprint density at radius 2 is 2.14 bits per heavy atom. The summed E-state index contributed by atoms with van der Waals surface area (Å²) < 4.78 is 0. The molecule has 1 amide bonds. The van der Waals surface area contributed by atoms with Gasteiger partial charge in [0, 0.05) is 19.3 Å². The quantitative estimate of drug-likeness (QED) is 0.735. The number of hydrogen-bond donors (Lipinski definition) is 3. The van der Waals surface area contributed by atoms with E-state index in [-0.39, 0.29) is 12.5 Å². The van der Waals surface area contributed by atoms with Crippen LogP contribution in [0.4, 0.5) is 5.82 Å². The minimum absolute atomic E-state index is 0.158. The zero-order chi connectivity index (χ0) is 14.7. The molecule has 3 heterocycles. The third-order valence-electron chi connectivity index (χ3n) is 3.41. The highest BCUT2D eigenvalue weighted by Crippen LogP contribution is 2.17. The Kier molecular flexibility index (Phi) is 3.67. The highest BCUT2D eigenvalue weighted by atomic mass is 16.2. The largest absolute Gasteiger partial charge is 0.357 e. The van der Waals surface area contributed by atoms with Crippen LogP contribution in [-0.2, 0) is 6.54 Å². The fourth-order valence-electron chi connectivity index (χ4n) is 2.31. The molecule has 2 aromatic heterocycles. The number of rotatable bonds is 4. The van der Waals surface area contributed by atoms with E-state index in [9.17, 15) is 9.59 Å². The van der Waals surface area contributed by atoms with E-state index in [1.807, 2.05) is 6.07 Å². The molecule has 1 aliphatic rings. The molecule has 2 aromatic rings. The van der Waals surface area contributed by atoms with Crippen molar-refractivity contribution in [1.29, 1.82) is 0 Å². The molecule has 0 saturated carbocycles. The number of hydrogen-bond acceptors (Lipinski definition) is 5. The fraction of sp³-hybridized carbons (Fsp3) is 0.385. The van der Waals surface area contributed by atoms with Gasteiger partial charge in [0.1, 0.15) is 11.6 Å². The SMILES string of the molecule is O=C(NCc1n[nH]c(=O)[nH]1)c1ccc(N2CCCC2)nc1. The summed E-state index contributed by atoms with van der Waals surface area (Å²) in [5.74, 6) is 1.04. The Labute approximate surface area is 120 Å². The van der Waals surface area contributed by atoms with Crippen molar-refractivity contribution in [3.63, 3.8) is 0 Å². The molecule has 0 radical (unpaired) electrons. The van der Waals surface area contributed by atoms with Gasteiger partial charge in [-0.15, -0.1) is 0 Å². The average Bonchev–Trinajstić information content (AvgIpc) is 3.16. The number of aromatic amines is 2. The van der Waals surface area contributed by atoms with Gasteiger partial charge in [0.2, 0.25) is 0 Å². The molecule has 3 N–H and O–H groups in total. The van der Waals surface area contributed by atoms with Gasteiger partial charge in [-0.3, -0.25) is 9.78 Å². The summed E-state index contributed by atoms with van der Waals surface area (Å²) in [7, 11) is 0. The van der Waals surface area contributed by atoms with Gasteiger partial charge in [0.05, 0.1) is 12.1 Å². The van der Waals surface area contributed by atoms with Crippen LogP contribution in [0.25, 0.3) is 0 Å². The lowest BCUT2D eigenvalue weighted by Gasteiger charge is -2.16. The normalized spacial score (nSPS) is 14.4. The Morgan fingerprint density at radius 3 is 2.76 bits per heavy atom. The van der Waals surface area contributed by atoms with Crippen molar-refractivity contribution in [3.05, 3.63) is 40.2 Å². The minimum Gasteiger partial charge on any atom is -0.357 e. The summed E-state index contributed by atoms with van der Waals surface area (Å²) in [6.07, 6.45) is 3.94. The number of aromatic nitrogens is 4. The second-order valence-electron chi connectivity index (χ2n) is 4.91. The summed E-state index contributed by atoms with van der Waals surface area (Å²) >= 11 is 0. The first-order chi connectivity index (χ1) is 10.2. The standard InChI is InChI=1S/C13H16N6O2/c20-12(15-8-10-16-13(21)18-17-10)9-3-4-11(14-7-9)19-5-1-2-6-19/h3-4,7H,1-2,5-6,8H2,(H,15,20)(H2,16,17,18,21). The lowest BCUT2D eigenvalue weighted by atomic mass is 10.2. The van der Waals surface area contributed by atoms with E-state index >= 15 is 0 Å². The molecule has 0 bridgehead atoms. The molecular weight excluding hydrogens is 272 g/mol. The van der Waals surface area contributed by atoms with E-state index in [1.165, 1.54) is 12.8 Å². The first-order valence-corrected chi connectivity index (χ1v) is 6.85. The van der Waals surface area contributed by atoms with E-state index in [0.29, 0.717) is 11.4 Å². The van der Waals surface area contributed by atoms with Gasteiger partial charge in [-0.1, -0.05) is 0 Å². The molecule has 3 rings (SSSR count). The first kappa shape index (κ1) is 13.3. The van der Waals surface area contributed by atoms with Gasteiger partial charge in [0.25, 0.3) is 5.91 Å². The lowest BCUT2D eigenvalue weighted by molar-refractivity contribution is 0.0949. The van der Waals surface area contributed by atoms with Crippen LogP contribution in [0, 0.1) is 0 Å². The van der Waals surface area contributed by atoms with Crippen LogP contribution in [0.2, 0.25) is 0 Å². The number of nitrogens with zero attached hydrogens (tertiary/aromatic N) is 3.